The van der Waals surface area contributed by atoms with E-state index in [1.165, 1.54) is 26.1 Å². The van der Waals surface area contributed by atoms with E-state index in [4.69, 9.17) is 4.74 Å². The summed E-state index contributed by atoms with van der Waals surface area (Å²) in [7, 11) is 1.34. The zero-order valence-corrected chi connectivity index (χ0v) is 13.3. The average molecular weight is 318 g/mol. The lowest BCUT2D eigenvalue weighted by molar-refractivity contribution is -0.0581. The minimum Gasteiger partial charge on any atom is -0.464 e. The van der Waals surface area contributed by atoms with Gasteiger partial charge in [-0.25, -0.2) is 14.8 Å². The number of nitrogens with zero attached hydrogens (tertiary/aromatic N) is 3. The highest BCUT2D eigenvalue weighted by molar-refractivity contribution is 5.86. The quantitative estimate of drug-likeness (QED) is 0.827. The first-order valence-electron chi connectivity index (χ1n) is 8.25. The number of fused-ring (bicyclic) bond motifs is 1. The van der Waals surface area contributed by atoms with E-state index < -0.39 is 5.97 Å². The molecule has 3 fully saturated rings. The summed E-state index contributed by atoms with van der Waals surface area (Å²) in [5, 5.41) is 3.42. The summed E-state index contributed by atoms with van der Waals surface area (Å²) in [4.78, 5) is 22.3. The molecular weight excluding hydrogens is 296 g/mol. The van der Waals surface area contributed by atoms with Crippen molar-refractivity contribution < 1.29 is 14.3 Å². The Bertz CT molecular complexity index is 575. The molecule has 1 saturated carbocycles. The Hall–Kier alpha value is -1.73. The molecule has 0 amide bonds. The van der Waals surface area contributed by atoms with E-state index in [1.807, 2.05) is 0 Å². The van der Waals surface area contributed by atoms with E-state index >= 15 is 0 Å². The molecule has 3 aliphatic rings. The van der Waals surface area contributed by atoms with Crippen LogP contribution in [0.25, 0.3) is 0 Å². The molecule has 7 heteroatoms. The number of rotatable bonds is 4. The third kappa shape index (κ3) is 3.16. The lowest BCUT2D eigenvalue weighted by Crippen LogP contribution is -2.47. The number of morpholine rings is 1. The number of methoxy groups -OCH3 is 1. The fourth-order valence-corrected chi connectivity index (χ4v) is 3.58. The van der Waals surface area contributed by atoms with Crippen LogP contribution in [0.3, 0.4) is 0 Å². The van der Waals surface area contributed by atoms with Gasteiger partial charge in [-0.05, 0) is 25.2 Å². The summed E-state index contributed by atoms with van der Waals surface area (Å²) < 4.78 is 10.6. The molecule has 3 atom stereocenters. The second kappa shape index (κ2) is 6.05. The summed E-state index contributed by atoms with van der Waals surface area (Å²) in [5.41, 5.74) is 0.225. The highest BCUT2D eigenvalue weighted by Gasteiger charge is 2.42. The normalized spacial score (nSPS) is 30.7. The number of anilines is 1. The molecule has 1 N–H and O–H groups in total. The van der Waals surface area contributed by atoms with Crippen LogP contribution in [0.2, 0.25) is 0 Å². The lowest BCUT2D eigenvalue weighted by atomic mass is 10.1. The first kappa shape index (κ1) is 14.8. The maximum atomic E-state index is 11.4. The Morgan fingerprint density at radius 2 is 2.22 bits per heavy atom. The third-order valence-electron chi connectivity index (χ3n) is 4.99. The second-order valence-corrected chi connectivity index (χ2v) is 6.67. The number of carbonyl (C=O) groups excluding carboxylic acids is 1. The number of ether oxygens (including phenoxy) is 2. The molecule has 0 aromatic carbocycles. The number of aromatic nitrogens is 2. The van der Waals surface area contributed by atoms with Crippen molar-refractivity contribution in [3.8, 4) is 0 Å². The molecule has 4 rings (SSSR count). The Labute approximate surface area is 135 Å². The highest BCUT2D eigenvalue weighted by Crippen LogP contribution is 2.38. The number of esters is 1. The summed E-state index contributed by atoms with van der Waals surface area (Å²) >= 11 is 0. The van der Waals surface area contributed by atoms with Gasteiger partial charge >= 0.3 is 5.97 Å². The largest absolute Gasteiger partial charge is 0.464 e. The first-order chi connectivity index (χ1) is 11.2. The van der Waals surface area contributed by atoms with Crippen LogP contribution in [0.15, 0.2) is 12.4 Å². The van der Waals surface area contributed by atoms with Crippen LogP contribution in [0.1, 0.15) is 29.8 Å². The number of nitrogens with one attached hydrogen (secondary N) is 1. The molecule has 23 heavy (non-hydrogen) atoms. The van der Waals surface area contributed by atoms with Gasteiger partial charge in [-0.1, -0.05) is 0 Å². The molecule has 1 aliphatic carbocycles. The Morgan fingerprint density at radius 1 is 1.35 bits per heavy atom. The predicted molar refractivity (Wildman–Crippen MR) is 83.2 cm³/mol. The van der Waals surface area contributed by atoms with Crippen molar-refractivity contribution in [3.63, 3.8) is 0 Å². The second-order valence-electron chi connectivity index (χ2n) is 6.67. The molecule has 1 aromatic heterocycles. The van der Waals surface area contributed by atoms with Crippen molar-refractivity contribution in [1.29, 1.82) is 0 Å². The molecule has 7 nitrogen and oxygen atoms in total. The minimum absolute atomic E-state index is 0.225. The number of hydrogen-bond donors (Lipinski definition) is 1. The van der Waals surface area contributed by atoms with Crippen LogP contribution in [-0.2, 0) is 9.47 Å². The minimum atomic E-state index is -0.467. The molecule has 0 radical (unpaired) electrons. The van der Waals surface area contributed by atoms with E-state index in [1.54, 1.807) is 6.20 Å². The van der Waals surface area contributed by atoms with Gasteiger partial charge < -0.3 is 14.8 Å². The first-order valence-corrected chi connectivity index (χ1v) is 8.25. The van der Waals surface area contributed by atoms with E-state index in [9.17, 15) is 4.79 Å². The molecule has 1 aromatic rings. The van der Waals surface area contributed by atoms with Crippen LogP contribution >= 0.6 is 0 Å². The van der Waals surface area contributed by atoms with Crippen molar-refractivity contribution in [2.24, 2.45) is 5.92 Å². The molecule has 0 unspecified atom stereocenters. The zero-order chi connectivity index (χ0) is 15.8. The molecule has 124 valence electrons. The Balaban J connectivity index is 1.34. The van der Waals surface area contributed by atoms with E-state index in [2.05, 4.69) is 24.9 Å². The van der Waals surface area contributed by atoms with Gasteiger partial charge in [0.25, 0.3) is 0 Å². The van der Waals surface area contributed by atoms with Gasteiger partial charge in [0.2, 0.25) is 0 Å². The fourth-order valence-electron chi connectivity index (χ4n) is 3.58. The van der Waals surface area contributed by atoms with Gasteiger partial charge in [0.1, 0.15) is 5.82 Å². The molecule has 3 heterocycles. The standard InChI is InChI=1S/C16H22N4O3/c1-22-16(21)13-5-18-15(6-17-13)19-11-4-12-9-23-14(10-2-3-10)8-20(12)7-11/h5-6,10-12,14H,2-4,7-9H2,1H3,(H,18,19)/t11-,12+,14+/m1/s1. The molecule has 2 saturated heterocycles. The Morgan fingerprint density at radius 3 is 2.91 bits per heavy atom. The molecule has 0 spiro atoms. The van der Waals surface area contributed by atoms with Gasteiger partial charge in [0.05, 0.1) is 32.2 Å². The topological polar surface area (TPSA) is 76.6 Å². The van der Waals surface area contributed by atoms with Crippen molar-refractivity contribution in [1.82, 2.24) is 14.9 Å². The van der Waals surface area contributed by atoms with Crippen LogP contribution in [0, 0.1) is 5.92 Å². The Kier molecular flexibility index (Phi) is 3.90. The predicted octanol–water partition coefficient (Wildman–Crippen LogP) is 0.927. The maximum absolute atomic E-state index is 11.4. The van der Waals surface area contributed by atoms with Crippen LogP contribution in [0.4, 0.5) is 5.82 Å². The van der Waals surface area contributed by atoms with Gasteiger partial charge in [0.15, 0.2) is 5.69 Å². The smallest absolute Gasteiger partial charge is 0.358 e. The van der Waals surface area contributed by atoms with Gasteiger partial charge in [-0.2, -0.15) is 0 Å². The summed E-state index contributed by atoms with van der Waals surface area (Å²) in [6, 6.07) is 0.852. The lowest BCUT2D eigenvalue weighted by Gasteiger charge is -2.35. The summed E-state index contributed by atoms with van der Waals surface area (Å²) in [5.74, 6) is 1.02. The summed E-state index contributed by atoms with van der Waals surface area (Å²) in [6.45, 7) is 2.91. The van der Waals surface area contributed by atoms with E-state index in [0.717, 1.165) is 32.0 Å². The zero-order valence-electron chi connectivity index (χ0n) is 13.3. The highest BCUT2D eigenvalue weighted by atomic mass is 16.5. The number of hydrogen-bond acceptors (Lipinski definition) is 7. The number of carbonyl (C=O) groups is 1. The van der Waals surface area contributed by atoms with Crippen LogP contribution < -0.4 is 5.32 Å². The van der Waals surface area contributed by atoms with Crippen molar-refractivity contribution >= 4 is 11.8 Å². The van der Waals surface area contributed by atoms with Crippen molar-refractivity contribution in [2.75, 3.05) is 32.1 Å². The van der Waals surface area contributed by atoms with Crippen LogP contribution in [-0.4, -0.2) is 65.8 Å². The third-order valence-corrected chi connectivity index (χ3v) is 4.99. The molecule has 2 aliphatic heterocycles. The van der Waals surface area contributed by atoms with Gasteiger partial charge in [-0.15, -0.1) is 0 Å². The monoisotopic (exact) mass is 318 g/mol. The van der Waals surface area contributed by atoms with Crippen molar-refractivity contribution in [3.05, 3.63) is 18.1 Å². The van der Waals surface area contributed by atoms with Gasteiger partial charge in [-0.3, -0.25) is 4.90 Å². The average Bonchev–Trinajstić information content (AvgIpc) is 3.35. The molecular formula is C16H22N4O3. The van der Waals surface area contributed by atoms with Crippen molar-refractivity contribution in [2.45, 2.75) is 37.5 Å². The van der Waals surface area contributed by atoms with E-state index in [-0.39, 0.29) is 5.69 Å². The van der Waals surface area contributed by atoms with E-state index in [0.29, 0.717) is 24.0 Å². The van der Waals surface area contributed by atoms with Crippen LogP contribution in [0.5, 0.6) is 0 Å². The SMILES string of the molecule is COC(=O)c1cnc(N[C@@H]2C[C@H]3CO[C@H](C4CC4)CN3C2)cn1. The maximum Gasteiger partial charge on any atom is 0.358 e. The van der Waals surface area contributed by atoms with Gasteiger partial charge in [0, 0.05) is 25.2 Å². The molecule has 0 bridgehead atoms. The fraction of sp³-hybridized carbons (Fsp3) is 0.688. The summed E-state index contributed by atoms with van der Waals surface area (Å²) in [6.07, 6.45) is 7.18.